The highest BCUT2D eigenvalue weighted by Crippen LogP contribution is 2.44. The van der Waals surface area contributed by atoms with Gasteiger partial charge in [0.15, 0.2) is 5.90 Å². The van der Waals surface area contributed by atoms with Crippen molar-refractivity contribution in [1.82, 2.24) is 0 Å². The molecule has 24 heavy (non-hydrogen) atoms. The maximum atomic E-state index is 6.06. The molecule has 0 bridgehead atoms. The number of ether oxygens (including phenoxy) is 2. The molecule has 4 rings (SSSR count). The van der Waals surface area contributed by atoms with Crippen molar-refractivity contribution in [1.29, 1.82) is 0 Å². The van der Waals surface area contributed by atoms with E-state index in [1.54, 1.807) is 6.26 Å². The first-order chi connectivity index (χ1) is 11.5. The molecule has 3 nitrogen and oxygen atoms in total. The van der Waals surface area contributed by atoms with Gasteiger partial charge in [-0.05, 0) is 38.5 Å². The number of fused-ring (bicyclic) bond motifs is 1. The first kappa shape index (κ1) is 15.3. The lowest BCUT2D eigenvalue weighted by Crippen LogP contribution is -2.33. The maximum absolute atomic E-state index is 6.06. The zero-order valence-corrected chi connectivity index (χ0v) is 14.4. The van der Waals surface area contributed by atoms with Crippen LogP contribution < -0.4 is 0 Å². The predicted octanol–water partition coefficient (Wildman–Crippen LogP) is 4.60. The Hall–Kier alpha value is -2.29. The largest absolute Gasteiger partial charge is 0.472 e. The molecule has 2 heterocycles. The second-order valence-corrected chi connectivity index (χ2v) is 7.58. The van der Waals surface area contributed by atoms with Gasteiger partial charge in [-0.15, -0.1) is 0 Å². The summed E-state index contributed by atoms with van der Waals surface area (Å²) in [6, 6.07) is 10.6. The molecule has 1 aromatic rings. The van der Waals surface area contributed by atoms with Crippen molar-refractivity contribution in [3.63, 3.8) is 0 Å². The van der Waals surface area contributed by atoms with Crippen LogP contribution in [0.5, 0.6) is 0 Å². The summed E-state index contributed by atoms with van der Waals surface area (Å²) in [5.41, 5.74) is 0.741. The second kappa shape index (κ2) is 5.37. The number of hydrogen-bond donors (Lipinski definition) is 0. The minimum Gasteiger partial charge on any atom is -0.472 e. The van der Waals surface area contributed by atoms with Gasteiger partial charge in [-0.3, -0.25) is 4.99 Å². The fraction of sp³-hybridized carbons (Fsp3) is 0.381. The number of nitrogens with zero attached hydrogens (tertiary/aromatic N) is 1. The van der Waals surface area contributed by atoms with E-state index < -0.39 is 0 Å². The Labute approximate surface area is 143 Å². The summed E-state index contributed by atoms with van der Waals surface area (Å²) in [6.45, 7) is 6.97. The first-order valence-corrected chi connectivity index (χ1v) is 8.51. The van der Waals surface area contributed by atoms with Crippen molar-refractivity contribution >= 4 is 5.90 Å². The van der Waals surface area contributed by atoms with Gasteiger partial charge >= 0.3 is 0 Å². The summed E-state index contributed by atoms with van der Waals surface area (Å²) in [5, 5.41) is 0. The Morgan fingerprint density at radius 2 is 1.83 bits per heavy atom. The number of allylic oxidation sites excluding steroid dienone is 2. The van der Waals surface area contributed by atoms with E-state index in [4.69, 9.17) is 9.47 Å². The molecule has 3 aliphatic rings. The third-order valence-electron chi connectivity index (χ3n) is 4.92. The van der Waals surface area contributed by atoms with Crippen molar-refractivity contribution in [3.05, 3.63) is 72.2 Å². The zero-order chi connectivity index (χ0) is 16.8. The van der Waals surface area contributed by atoms with Crippen LogP contribution in [0.4, 0.5) is 0 Å². The summed E-state index contributed by atoms with van der Waals surface area (Å²) in [6.07, 6.45) is 10.6. The normalized spacial score (nSPS) is 33.1. The van der Waals surface area contributed by atoms with Gasteiger partial charge in [0.05, 0.1) is 18.2 Å². The van der Waals surface area contributed by atoms with Crippen LogP contribution in [-0.4, -0.2) is 18.0 Å². The molecule has 2 aliphatic heterocycles. The maximum Gasteiger partial charge on any atom is 0.198 e. The van der Waals surface area contributed by atoms with E-state index in [0.717, 1.165) is 11.7 Å². The Morgan fingerprint density at radius 1 is 1.04 bits per heavy atom. The third kappa shape index (κ3) is 2.58. The van der Waals surface area contributed by atoms with Gasteiger partial charge in [-0.2, -0.15) is 0 Å². The van der Waals surface area contributed by atoms with Crippen LogP contribution in [0.25, 0.3) is 0 Å². The van der Waals surface area contributed by atoms with Gasteiger partial charge in [0, 0.05) is 11.8 Å². The Morgan fingerprint density at radius 3 is 2.54 bits per heavy atom. The highest BCUT2D eigenvalue weighted by Gasteiger charge is 2.41. The summed E-state index contributed by atoms with van der Waals surface area (Å²) in [5.74, 6) is 2.28. The number of rotatable bonds is 2. The SMILES string of the molecule is CC1(C)CN=C(C2(C)C=CC3C(=C2)OC=CC3c2ccccc2)O1. The molecule has 0 saturated carbocycles. The van der Waals surface area contributed by atoms with Crippen molar-refractivity contribution in [2.24, 2.45) is 16.3 Å². The lowest BCUT2D eigenvalue weighted by molar-refractivity contribution is 0.119. The summed E-state index contributed by atoms with van der Waals surface area (Å²) >= 11 is 0. The van der Waals surface area contributed by atoms with Crippen LogP contribution in [0.1, 0.15) is 32.3 Å². The minimum absolute atomic E-state index is 0.221. The van der Waals surface area contributed by atoms with E-state index in [0.29, 0.717) is 12.5 Å². The van der Waals surface area contributed by atoms with E-state index in [-0.39, 0.29) is 16.9 Å². The number of benzene rings is 1. The molecule has 0 saturated heterocycles. The van der Waals surface area contributed by atoms with E-state index in [1.165, 1.54) is 5.56 Å². The molecular weight excluding hydrogens is 298 g/mol. The molecule has 0 aromatic heterocycles. The molecule has 3 unspecified atom stereocenters. The van der Waals surface area contributed by atoms with E-state index in [1.807, 2.05) is 6.07 Å². The third-order valence-corrected chi connectivity index (χ3v) is 4.92. The fourth-order valence-electron chi connectivity index (χ4n) is 3.57. The van der Waals surface area contributed by atoms with Crippen molar-refractivity contribution in [3.8, 4) is 0 Å². The van der Waals surface area contributed by atoms with Crippen molar-refractivity contribution in [2.75, 3.05) is 6.54 Å². The molecule has 3 heteroatoms. The Kier molecular flexibility index (Phi) is 3.41. The monoisotopic (exact) mass is 321 g/mol. The van der Waals surface area contributed by atoms with Crippen LogP contribution >= 0.6 is 0 Å². The summed E-state index contributed by atoms with van der Waals surface area (Å²) in [7, 11) is 0. The smallest absolute Gasteiger partial charge is 0.198 e. The van der Waals surface area contributed by atoms with Crippen LogP contribution in [0.15, 0.2) is 71.6 Å². The molecule has 1 aliphatic carbocycles. The topological polar surface area (TPSA) is 30.8 Å². The molecule has 0 N–H and O–H groups in total. The minimum atomic E-state index is -0.341. The van der Waals surface area contributed by atoms with Gasteiger partial charge in [0.25, 0.3) is 0 Å². The molecular formula is C21H23NO2. The van der Waals surface area contributed by atoms with E-state index >= 15 is 0 Å². The standard InChI is InChI=1S/C21H23NO2/c1-20(2)14-22-19(24-20)21(3)11-9-17-16(10-12-23-18(17)13-21)15-7-5-4-6-8-15/h4-13,16-17H,14H2,1-3H3. The number of hydrogen-bond acceptors (Lipinski definition) is 3. The Bertz CT molecular complexity index is 757. The molecule has 1 aromatic carbocycles. The van der Waals surface area contributed by atoms with Gasteiger partial charge in [-0.1, -0.05) is 42.5 Å². The fourth-order valence-corrected chi connectivity index (χ4v) is 3.57. The van der Waals surface area contributed by atoms with Gasteiger partial charge in [0.1, 0.15) is 11.4 Å². The molecule has 124 valence electrons. The van der Waals surface area contributed by atoms with E-state index in [2.05, 4.69) is 74.3 Å². The zero-order valence-electron chi connectivity index (χ0n) is 14.4. The molecule has 0 fully saturated rings. The van der Waals surface area contributed by atoms with Crippen molar-refractivity contribution < 1.29 is 9.47 Å². The Balaban J connectivity index is 1.64. The molecule has 3 atom stereocenters. The summed E-state index contributed by atoms with van der Waals surface area (Å²) < 4.78 is 11.9. The average molecular weight is 321 g/mol. The molecule has 0 spiro atoms. The lowest BCUT2D eigenvalue weighted by atomic mass is 9.75. The van der Waals surface area contributed by atoms with Crippen LogP contribution in [-0.2, 0) is 9.47 Å². The van der Waals surface area contributed by atoms with E-state index in [9.17, 15) is 0 Å². The van der Waals surface area contributed by atoms with Crippen LogP contribution in [0, 0.1) is 11.3 Å². The van der Waals surface area contributed by atoms with Gasteiger partial charge < -0.3 is 9.47 Å². The highest BCUT2D eigenvalue weighted by molar-refractivity contribution is 5.88. The highest BCUT2D eigenvalue weighted by atomic mass is 16.5. The average Bonchev–Trinajstić information content (AvgIpc) is 2.96. The van der Waals surface area contributed by atoms with Gasteiger partial charge in [0.2, 0.25) is 0 Å². The van der Waals surface area contributed by atoms with Crippen LogP contribution in [0.2, 0.25) is 0 Å². The second-order valence-electron chi connectivity index (χ2n) is 7.58. The van der Waals surface area contributed by atoms with Crippen LogP contribution in [0.3, 0.4) is 0 Å². The lowest BCUT2D eigenvalue weighted by Gasteiger charge is -2.35. The number of aliphatic imine (C=N–C) groups is 1. The predicted molar refractivity (Wildman–Crippen MR) is 95.7 cm³/mol. The molecule has 0 amide bonds. The first-order valence-electron chi connectivity index (χ1n) is 8.51. The molecule has 0 radical (unpaired) electrons. The van der Waals surface area contributed by atoms with Crippen molar-refractivity contribution in [2.45, 2.75) is 32.3 Å². The quantitative estimate of drug-likeness (QED) is 0.746. The summed E-state index contributed by atoms with van der Waals surface area (Å²) in [4.78, 5) is 4.62. The van der Waals surface area contributed by atoms with Gasteiger partial charge in [-0.25, -0.2) is 0 Å².